The maximum atomic E-state index is 13.5. The maximum Gasteiger partial charge on any atom is 0.263 e. The zero-order chi connectivity index (χ0) is 26.1. The van der Waals surface area contributed by atoms with E-state index < -0.39 is 28.9 Å². The van der Waals surface area contributed by atoms with Crippen LogP contribution in [-0.4, -0.2) is 16.4 Å². The number of hydrogen-bond donors (Lipinski definition) is 2. The van der Waals surface area contributed by atoms with E-state index in [2.05, 4.69) is 10.6 Å². The molecule has 0 aliphatic carbocycles. The number of pyridine rings is 1. The van der Waals surface area contributed by atoms with E-state index in [0.717, 1.165) is 12.1 Å². The van der Waals surface area contributed by atoms with E-state index in [1.807, 2.05) is 0 Å². The van der Waals surface area contributed by atoms with Gasteiger partial charge >= 0.3 is 0 Å². The summed E-state index contributed by atoms with van der Waals surface area (Å²) in [5.74, 6) is -3.44. The van der Waals surface area contributed by atoms with Gasteiger partial charge in [-0.2, -0.15) is 0 Å². The predicted molar refractivity (Wildman–Crippen MR) is 133 cm³/mol. The van der Waals surface area contributed by atoms with Crippen LogP contribution in [0.4, 0.5) is 24.5 Å². The standard InChI is InChI=1S/C28H18F3N3O3/c29-18-6-3-16(4-7-18)12-22-21-14-19(8-10-25(21)33-27(22)36)32-26(35)20-2-1-11-34(28(20)37)15-17-5-9-23(30)24(31)13-17/h1-14H,15H2,(H,32,35)(H,33,36)/b22-12+. The fourth-order valence-corrected chi connectivity index (χ4v) is 4.00. The van der Waals surface area contributed by atoms with E-state index in [1.165, 1.54) is 41.1 Å². The average molecular weight is 501 g/mol. The molecule has 0 bridgehead atoms. The lowest BCUT2D eigenvalue weighted by Gasteiger charge is -2.10. The number of aromatic nitrogens is 1. The molecule has 3 aromatic carbocycles. The highest BCUT2D eigenvalue weighted by Gasteiger charge is 2.25. The fourth-order valence-electron chi connectivity index (χ4n) is 4.00. The van der Waals surface area contributed by atoms with Crippen LogP contribution in [0.1, 0.15) is 27.0 Å². The van der Waals surface area contributed by atoms with Crippen molar-refractivity contribution in [3.63, 3.8) is 0 Å². The second-order valence-corrected chi connectivity index (χ2v) is 8.38. The molecule has 0 spiro atoms. The highest BCUT2D eigenvalue weighted by Crippen LogP contribution is 2.35. The Morgan fingerprint density at radius 1 is 0.919 bits per heavy atom. The number of nitrogens with zero attached hydrogens (tertiary/aromatic N) is 1. The Kier molecular flexibility index (Phi) is 6.19. The highest BCUT2D eigenvalue weighted by molar-refractivity contribution is 6.35. The number of benzene rings is 3. The summed E-state index contributed by atoms with van der Waals surface area (Å²) in [4.78, 5) is 38.4. The number of nitrogens with one attached hydrogen (secondary N) is 2. The molecule has 184 valence electrons. The van der Waals surface area contributed by atoms with Gasteiger partial charge in [-0.05, 0) is 71.8 Å². The molecule has 1 aliphatic heterocycles. The number of fused-ring (bicyclic) bond motifs is 1. The summed E-state index contributed by atoms with van der Waals surface area (Å²) in [5, 5.41) is 5.41. The third-order valence-corrected chi connectivity index (χ3v) is 5.84. The monoisotopic (exact) mass is 501 g/mol. The van der Waals surface area contributed by atoms with Crippen LogP contribution in [-0.2, 0) is 11.3 Å². The van der Waals surface area contributed by atoms with E-state index in [0.29, 0.717) is 33.6 Å². The summed E-state index contributed by atoms with van der Waals surface area (Å²) < 4.78 is 41.2. The first-order valence-corrected chi connectivity index (χ1v) is 11.2. The fraction of sp³-hybridized carbons (Fsp3) is 0.0357. The van der Waals surface area contributed by atoms with Crippen LogP contribution in [0.5, 0.6) is 0 Å². The lowest BCUT2D eigenvalue weighted by atomic mass is 10.0. The Hall–Kier alpha value is -4.92. The molecule has 9 heteroatoms. The lowest BCUT2D eigenvalue weighted by molar-refractivity contribution is -0.110. The molecule has 2 heterocycles. The quantitative estimate of drug-likeness (QED) is 0.375. The van der Waals surface area contributed by atoms with E-state index >= 15 is 0 Å². The van der Waals surface area contributed by atoms with Gasteiger partial charge in [-0.25, -0.2) is 13.2 Å². The molecule has 4 aromatic rings. The van der Waals surface area contributed by atoms with Crippen molar-refractivity contribution in [1.82, 2.24) is 4.57 Å². The first-order chi connectivity index (χ1) is 17.8. The summed E-state index contributed by atoms with van der Waals surface area (Å²) in [6.45, 7) is -0.0542. The molecule has 6 nitrogen and oxygen atoms in total. The summed E-state index contributed by atoms with van der Waals surface area (Å²) >= 11 is 0. The minimum absolute atomic E-state index is 0.0542. The van der Waals surface area contributed by atoms with Crippen molar-refractivity contribution in [2.75, 3.05) is 10.6 Å². The van der Waals surface area contributed by atoms with Crippen LogP contribution in [0.25, 0.3) is 11.6 Å². The van der Waals surface area contributed by atoms with Crippen LogP contribution in [0.3, 0.4) is 0 Å². The SMILES string of the molecule is O=C1Nc2ccc(NC(=O)c3cccn(Cc4ccc(F)c(F)c4)c3=O)cc2/C1=C\c1ccc(F)cc1. The van der Waals surface area contributed by atoms with Gasteiger partial charge in [0.05, 0.1) is 6.54 Å². The minimum atomic E-state index is -1.03. The first-order valence-electron chi connectivity index (χ1n) is 11.2. The molecule has 0 saturated carbocycles. The maximum absolute atomic E-state index is 13.5. The van der Waals surface area contributed by atoms with Gasteiger partial charge in [0, 0.05) is 28.7 Å². The van der Waals surface area contributed by atoms with Gasteiger partial charge in [-0.1, -0.05) is 18.2 Å². The van der Waals surface area contributed by atoms with E-state index in [9.17, 15) is 27.6 Å². The molecule has 1 aliphatic rings. The Labute approximate surface area is 208 Å². The number of hydrogen-bond acceptors (Lipinski definition) is 3. The minimum Gasteiger partial charge on any atom is -0.322 e. The van der Waals surface area contributed by atoms with Gasteiger partial charge in [-0.15, -0.1) is 0 Å². The van der Waals surface area contributed by atoms with Crippen molar-refractivity contribution in [1.29, 1.82) is 0 Å². The molecular formula is C28H18F3N3O3. The zero-order valence-corrected chi connectivity index (χ0v) is 19.1. The number of anilines is 2. The Morgan fingerprint density at radius 2 is 1.70 bits per heavy atom. The van der Waals surface area contributed by atoms with Crippen molar-refractivity contribution >= 4 is 34.8 Å². The zero-order valence-electron chi connectivity index (χ0n) is 19.1. The summed E-state index contributed by atoms with van der Waals surface area (Å²) in [5.41, 5.74) is 1.99. The molecule has 0 unspecified atom stereocenters. The van der Waals surface area contributed by atoms with Gasteiger partial charge in [0.1, 0.15) is 11.4 Å². The highest BCUT2D eigenvalue weighted by atomic mass is 19.2. The third kappa shape index (κ3) is 4.92. The average Bonchev–Trinajstić information content (AvgIpc) is 3.18. The molecule has 0 atom stereocenters. The van der Waals surface area contributed by atoms with E-state index in [1.54, 1.807) is 36.4 Å². The molecule has 2 N–H and O–H groups in total. The largest absolute Gasteiger partial charge is 0.322 e. The molecule has 0 radical (unpaired) electrons. The molecular weight excluding hydrogens is 483 g/mol. The van der Waals surface area contributed by atoms with Crippen molar-refractivity contribution in [3.05, 3.63) is 129 Å². The summed E-state index contributed by atoms with van der Waals surface area (Å²) in [6, 6.07) is 16.7. The number of rotatable bonds is 5. The molecule has 5 rings (SSSR count). The van der Waals surface area contributed by atoms with Crippen molar-refractivity contribution in [3.8, 4) is 0 Å². The van der Waals surface area contributed by atoms with Gasteiger partial charge in [0.15, 0.2) is 11.6 Å². The Bertz CT molecular complexity index is 1640. The molecule has 1 aromatic heterocycles. The van der Waals surface area contributed by atoms with Gasteiger partial charge in [0.25, 0.3) is 17.4 Å². The van der Waals surface area contributed by atoms with Crippen LogP contribution >= 0.6 is 0 Å². The first kappa shape index (κ1) is 23.8. The third-order valence-electron chi connectivity index (χ3n) is 5.84. The Balaban J connectivity index is 1.39. The smallest absolute Gasteiger partial charge is 0.263 e. The van der Waals surface area contributed by atoms with Gasteiger partial charge in [0.2, 0.25) is 0 Å². The van der Waals surface area contributed by atoms with Crippen LogP contribution < -0.4 is 16.2 Å². The molecule has 37 heavy (non-hydrogen) atoms. The van der Waals surface area contributed by atoms with Crippen molar-refractivity contribution < 1.29 is 22.8 Å². The van der Waals surface area contributed by atoms with E-state index in [-0.39, 0.29) is 18.0 Å². The number of carbonyl (C=O) groups is 2. The van der Waals surface area contributed by atoms with Gasteiger partial charge < -0.3 is 15.2 Å². The number of halogens is 3. The van der Waals surface area contributed by atoms with Gasteiger partial charge in [-0.3, -0.25) is 14.4 Å². The molecule has 0 fully saturated rings. The van der Waals surface area contributed by atoms with Crippen molar-refractivity contribution in [2.24, 2.45) is 0 Å². The Morgan fingerprint density at radius 3 is 2.46 bits per heavy atom. The second-order valence-electron chi connectivity index (χ2n) is 8.38. The number of carbonyl (C=O) groups excluding carboxylic acids is 2. The summed E-state index contributed by atoms with van der Waals surface area (Å²) in [7, 11) is 0. The van der Waals surface area contributed by atoms with Crippen LogP contribution in [0, 0.1) is 17.5 Å². The molecule has 2 amide bonds. The normalized spacial score (nSPS) is 13.4. The van der Waals surface area contributed by atoms with Crippen LogP contribution in [0.15, 0.2) is 83.8 Å². The topological polar surface area (TPSA) is 80.2 Å². The second kappa shape index (κ2) is 9.62. The molecule has 0 saturated heterocycles. The predicted octanol–water partition coefficient (Wildman–Crippen LogP) is 5.06. The van der Waals surface area contributed by atoms with Crippen molar-refractivity contribution in [2.45, 2.75) is 6.54 Å². The van der Waals surface area contributed by atoms with Crippen LogP contribution in [0.2, 0.25) is 0 Å². The number of amides is 2. The van der Waals surface area contributed by atoms with E-state index in [4.69, 9.17) is 0 Å². The summed E-state index contributed by atoms with van der Waals surface area (Å²) in [6.07, 6.45) is 3.06. The lowest BCUT2D eigenvalue weighted by Crippen LogP contribution is -2.29.